The summed E-state index contributed by atoms with van der Waals surface area (Å²) >= 11 is 6.04. The van der Waals surface area contributed by atoms with E-state index >= 15 is 0 Å². The van der Waals surface area contributed by atoms with Crippen LogP contribution >= 0.6 is 11.6 Å². The fraction of sp³-hybridized carbons (Fsp3) is 0.160. The number of hydrogen-bond acceptors (Lipinski definition) is 8. The normalized spacial score (nSPS) is 12.1. The zero-order valence-electron chi connectivity index (χ0n) is 19.3. The number of nitrogens with one attached hydrogen (secondary N) is 1. The molecule has 0 saturated carbocycles. The Balaban J connectivity index is 1.66. The van der Waals surface area contributed by atoms with E-state index in [0.717, 1.165) is 5.56 Å². The lowest BCUT2D eigenvalue weighted by Crippen LogP contribution is -2.12. The molecular weight excluding hydrogens is 491 g/mol. The van der Waals surface area contributed by atoms with Gasteiger partial charge in [-0.1, -0.05) is 16.8 Å². The van der Waals surface area contributed by atoms with Gasteiger partial charge in [0.15, 0.2) is 22.7 Å². The Morgan fingerprint density at radius 1 is 1.14 bits per heavy atom. The average Bonchev–Trinajstić information content (AvgIpc) is 3.29. The summed E-state index contributed by atoms with van der Waals surface area (Å²) in [5.74, 6) is -1.05. The van der Waals surface area contributed by atoms with E-state index in [9.17, 15) is 14.0 Å². The molecule has 9 nitrogen and oxygen atoms in total. The van der Waals surface area contributed by atoms with Gasteiger partial charge < -0.3 is 9.15 Å². The molecule has 5 rings (SSSR count). The smallest absolute Gasteiger partial charge is 0.439 e. The number of nitrogens with zero attached hydrogens (tertiary/aromatic N) is 3. The zero-order valence-corrected chi connectivity index (χ0v) is 20.0. The van der Waals surface area contributed by atoms with Gasteiger partial charge in [0.25, 0.3) is 0 Å². The van der Waals surface area contributed by atoms with Crippen molar-refractivity contribution in [3.63, 3.8) is 0 Å². The highest BCUT2D eigenvalue weighted by atomic mass is 35.5. The van der Waals surface area contributed by atoms with Gasteiger partial charge in [0.1, 0.15) is 28.3 Å². The highest BCUT2D eigenvalue weighted by molar-refractivity contribution is 6.29. The number of halogens is 2. The van der Waals surface area contributed by atoms with Gasteiger partial charge in [-0.25, -0.2) is 19.2 Å². The number of pyridine rings is 2. The molecule has 0 radical (unpaired) electrons. The molecule has 182 valence electrons. The molecule has 0 saturated heterocycles. The number of rotatable bonds is 5. The van der Waals surface area contributed by atoms with Crippen LogP contribution in [-0.2, 0) is 0 Å². The minimum absolute atomic E-state index is 0.0360. The van der Waals surface area contributed by atoms with E-state index in [-0.39, 0.29) is 50.5 Å². The molecule has 0 amide bonds. The molecule has 5 aromatic rings. The Labute approximate surface area is 207 Å². The molecule has 36 heavy (non-hydrogen) atoms. The fourth-order valence-corrected chi connectivity index (χ4v) is 4.07. The topological polar surface area (TPSA) is 124 Å². The lowest BCUT2D eigenvalue weighted by Gasteiger charge is -2.19. The van der Waals surface area contributed by atoms with Crippen molar-refractivity contribution < 1.29 is 18.1 Å². The number of fused-ring (bicyclic) bond motifs is 1. The Hall–Kier alpha value is -4.31. The summed E-state index contributed by atoms with van der Waals surface area (Å²) in [6.45, 7) is 5.16. The lowest BCUT2D eigenvalue weighted by atomic mass is 10.0. The fourth-order valence-electron chi connectivity index (χ4n) is 3.92. The Morgan fingerprint density at radius 3 is 2.67 bits per heavy atom. The maximum atomic E-state index is 14.5. The van der Waals surface area contributed by atoms with E-state index in [0.29, 0.717) is 10.9 Å². The van der Waals surface area contributed by atoms with E-state index in [1.807, 2.05) is 13.0 Å². The Kier molecular flexibility index (Phi) is 5.89. The van der Waals surface area contributed by atoms with Crippen LogP contribution in [0.2, 0.25) is 5.15 Å². The van der Waals surface area contributed by atoms with E-state index < -0.39 is 17.7 Å². The molecule has 11 heteroatoms. The lowest BCUT2D eigenvalue weighted by molar-refractivity contribution is 0.227. The van der Waals surface area contributed by atoms with Crippen molar-refractivity contribution in [3.8, 4) is 28.7 Å². The number of ether oxygens (including phenoxy) is 1. The second kappa shape index (κ2) is 9.04. The number of aromatic amines is 1. The van der Waals surface area contributed by atoms with Gasteiger partial charge in [-0.05, 0) is 62.7 Å². The van der Waals surface area contributed by atoms with Crippen molar-refractivity contribution in [2.45, 2.75) is 26.9 Å². The Morgan fingerprint density at radius 2 is 1.94 bits per heavy atom. The minimum Gasteiger partial charge on any atom is -0.483 e. The molecule has 1 N–H and O–H groups in total. The van der Waals surface area contributed by atoms with Crippen LogP contribution in [0, 0.1) is 19.7 Å². The summed E-state index contributed by atoms with van der Waals surface area (Å²) < 4.78 is 31.4. The summed E-state index contributed by atoms with van der Waals surface area (Å²) in [7, 11) is 0. The maximum Gasteiger partial charge on any atom is 0.439 e. The summed E-state index contributed by atoms with van der Waals surface area (Å²) in [4.78, 5) is 35.4. The first kappa shape index (κ1) is 23.4. The van der Waals surface area contributed by atoms with Crippen LogP contribution in [0.25, 0.3) is 33.9 Å². The molecule has 4 aromatic heterocycles. The highest BCUT2D eigenvalue weighted by Gasteiger charge is 2.23. The van der Waals surface area contributed by atoms with Gasteiger partial charge in [-0.15, -0.1) is 0 Å². The van der Waals surface area contributed by atoms with Crippen LogP contribution in [-0.4, -0.2) is 20.1 Å². The van der Waals surface area contributed by atoms with E-state index in [2.05, 4.69) is 24.6 Å². The third-order valence-electron chi connectivity index (χ3n) is 5.60. The second-order valence-electron chi connectivity index (χ2n) is 8.13. The SMILES string of the molecule is Cc1cc([C@@H](C)Oc2ccc(Cl)nc2-c2noc(=O)[nH]2)c2oc(-c3ncccc3F)c(C)c(=O)c2c1. The number of benzene rings is 1. The molecule has 1 atom stereocenters. The monoisotopic (exact) mass is 508 g/mol. The van der Waals surface area contributed by atoms with Crippen LogP contribution in [0.1, 0.15) is 29.7 Å². The zero-order chi connectivity index (χ0) is 25.6. The van der Waals surface area contributed by atoms with Crippen molar-refractivity contribution in [3.05, 3.63) is 91.0 Å². The summed E-state index contributed by atoms with van der Waals surface area (Å²) in [6, 6.07) is 9.31. The predicted octanol–water partition coefficient (Wildman–Crippen LogP) is 5.14. The van der Waals surface area contributed by atoms with Gasteiger partial charge in [-0.2, -0.15) is 0 Å². The van der Waals surface area contributed by atoms with Crippen LogP contribution in [0.4, 0.5) is 4.39 Å². The molecular formula is C25H18ClFN4O5. The van der Waals surface area contributed by atoms with E-state index in [4.69, 9.17) is 20.8 Å². The van der Waals surface area contributed by atoms with Crippen LogP contribution in [0.3, 0.4) is 0 Å². The molecule has 0 unspecified atom stereocenters. The molecule has 1 aromatic carbocycles. The van der Waals surface area contributed by atoms with E-state index in [1.165, 1.54) is 24.4 Å². The third-order valence-corrected chi connectivity index (χ3v) is 5.81. The molecule has 0 fully saturated rings. The van der Waals surface area contributed by atoms with Gasteiger partial charge >= 0.3 is 5.76 Å². The van der Waals surface area contributed by atoms with Gasteiger partial charge in [0, 0.05) is 17.3 Å². The Bertz CT molecular complexity index is 1740. The molecule has 0 aliphatic heterocycles. The van der Waals surface area contributed by atoms with Crippen molar-refractivity contribution in [1.82, 2.24) is 20.1 Å². The van der Waals surface area contributed by atoms with Crippen LogP contribution < -0.4 is 15.9 Å². The first-order valence-electron chi connectivity index (χ1n) is 10.8. The number of aromatic nitrogens is 4. The van der Waals surface area contributed by atoms with Gasteiger partial charge in [-0.3, -0.25) is 14.3 Å². The maximum absolute atomic E-state index is 14.5. The average molecular weight is 509 g/mol. The number of hydrogen-bond donors (Lipinski definition) is 1. The molecule has 0 spiro atoms. The largest absolute Gasteiger partial charge is 0.483 e. The van der Waals surface area contributed by atoms with Crippen molar-refractivity contribution in [1.29, 1.82) is 0 Å². The second-order valence-corrected chi connectivity index (χ2v) is 8.52. The molecule has 0 bridgehead atoms. The van der Waals surface area contributed by atoms with Gasteiger partial charge in [0.2, 0.25) is 5.82 Å². The number of H-pyrrole nitrogens is 1. The van der Waals surface area contributed by atoms with Crippen LogP contribution in [0.5, 0.6) is 5.75 Å². The summed E-state index contributed by atoms with van der Waals surface area (Å²) in [5.41, 5.74) is 1.61. The summed E-state index contributed by atoms with van der Waals surface area (Å²) in [6.07, 6.45) is 0.743. The van der Waals surface area contributed by atoms with Crippen molar-refractivity contribution >= 4 is 22.6 Å². The summed E-state index contributed by atoms with van der Waals surface area (Å²) in [5, 5.41) is 4.14. The quantitative estimate of drug-likeness (QED) is 0.323. The minimum atomic E-state index is -0.762. The van der Waals surface area contributed by atoms with Crippen molar-refractivity contribution in [2.75, 3.05) is 0 Å². The first-order chi connectivity index (χ1) is 17.2. The van der Waals surface area contributed by atoms with Crippen molar-refractivity contribution in [2.24, 2.45) is 0 Å². The van der Waals surface area contributed by atoms with Gasteiger partial charge in [0.05, 0.1) is 5.39 Å². The van der Waals surface area contributed by atoms with Crippen LogP contribution in [0.15, 0.2) is 61.1 Å². The molecule has 0 aliphatic rings. The number of aryl methyl sites for hydroxylation is 1. The highest BCUT2D eigenvalue weighted by Crippen LogP contribution is 2.35. The molecule has 4 heterocycles. The molecule has 0 aliphatic carbocycles. The predicted molar refractivity (Wildman–Crippen MR) is 130 cm³/mol. The third kappa shape index (κ3) is 4.16. The van der Waals surface area contributed by atoms with E-state index in [1.54, 1.807) is 26.0 Å². The standard InChI is InChI=1S/C25H18ClFN4O5/c1-11-9-14(13(3)34-17-6-7-18(26)29-20(17)24-30-25(33)36-31-24)23-15(10-11)21(32)12(2)22(35-23)19-16(27)5-4-8-28-19/h4-10,13H,1-3H3,(H,30,31,33)/t13-/m1/s1. The first-order valence-corrected chi connectivity index (χ1v) is 11.2.